The third-order valence-corrected chi connectivity index (χ3v) is 1.95. The van der Waals surface area contributed by atoms with E-state index in [1.165, 1.54) is 0 Å². The lowest BCUT2D eigenvalue weighted by Gasteiger charge is -1.96. The summed E-state index contributed by atoms with van der Waals surface area (Å²) in [6.07, 6.45) is 3.44. The maximum atomic E-state index is 10.3. The van der Waals surface area contributed by atoms with Crippen molar-refractivity contribution in [1.29, 1.82) is 0 Å². The van der Waals surface area contributed by atoms with Gasteiger partial charge in [0.25, 0.3) is 0 Å². The van der Waals surface area contributed by atoms with Gasteiger partial charge in [0.2, 0.25) is 0 Å². The Balaban J connectivity index is 2.49. The maximum absolute atomic E-state index is 10.3. The Kier molecular flexibility index (Phi) is 2.34. The van der Waals surface area contributed by atoms with Crippen molar-refractivity contribution in [2.24, 2.45) is 0 Å². The number of pyridine rings is 1. The molecule has 0 radical (unpaired) electrons. The lowest BCUT2D eigenvalue weighted by Crippen LogP contribution is -1.87. The molecule has 72 valence electrons. The van der Waals surface area contributed by atoms with Crippen molar-refractivity contribution in [1.82, 2.24) is 4.98 Å². The summed E-state index contributed by atoms with van der Waals surface area (Å²) in [5, 5.41) is 10.4. The van der Waals surface area contributed by atoms with Gasteiger partial charge in [-0.3, -0.25) is 4.98 Å². The van der Waals surface area contributed by atoms with Crippen LogP contribution in [0.15, 0.2) is 36.7 Å². The van der Waals surface area contributed by atoms with Crippen molar-refractivity contribution in [2.75, 3.05) is 0 Å². The second-order valence-electron chi connectivity index (χ2n) is 2.99. The molecule has 3 nitrogen and oxygen atoms in total. The molecule has 3 heteroatoms. The molecule has 0 unspecified atom stereocenters. The first kappa shape index (κ1) is 9.22. The summed E-state index contributed by atoms with van der Waals surface area (Å²) in [4.78, 5) is 14.2. The smallest absolute Gasteiger partial charge is 0.382 e. The molecule has 0 aliphatic heterocycles. The fourth-order valence-corrected chi connectivity index (χ4v) is 1.29. The molecule has 1 aromatic carbocycles. The van der Waals surface area contributed by atoms with E-state index < -0.39 is 5.97 Å². The number of nitrogens with zero attached hydrogens (tertiary/aromatic N) is 1. The van der Waals surface area contributed by atoms with Crippen LogP contribution in [0.4, 0.5) is 0 Å². The summed E-state index contributed by atoms with van der Waals surface area (Å²) in [5.41, 5.74) is 0.691. The van der Waals surface area contributed by atoms with Gasteiger partial charge in [-0.05, 0) is 23.6 Å². The standard InChI is InChI=1S/C12H7NO2/c14-12(15)4-2-9-1-3-11-8-13-6-5-10(11)7-9/h1,3,5-8H,(H,14,15). The molecule has 0 aliphatic rings. The molecule has 1 N–H and O–H groups in total. The zero-order chi connectivity index (χ0) is 10.7. The monoisotopic (exact) mass is 197 g/mol. The third kappa shape index (κ3) is 2.12. The third-order valence-electron chi connectivity index (χ3n) is 1.95. The lowest BCUT2D eigenvalue weighted by atomic mass is 10.1. The van der Waals surface area contributed by atoms with Crippen molar-refractivity contribution in [2.45, 2.75) is 0 Å². The van der Waals surface area contributed by atoms with Crippen molar-refractivity contribution in [3.05, 3.63) is 42.2 Å². The number of rotatable bonds is 0. The topological polar surface area (TPSA) is 50.2 Å². The van der Waals surface area contributed by atoms with E-state index in [0.29, 0.717) is 5.56 Å². The summed E-state index contributed by atoms with van der Waals surface area (Å²) in [7, 11) is 0. The SMILES string of the molecule is O=C(O)C#Cc1ccc2cnccc2c1. The average Bonchev–Trinajstić information content (AvgIpc) is 2.26. The van der Waals surface area contributed by atoms with Gasteiger partial charge in [0.15, 0.2) is 0 Å². The first-order chi connectivity index (χ1) is 7.25. The van der Waals surface area contributed by atoms with Crippen molar-refractivity contribution < 1.29 is 9.90 Å². The second kappa shape index (κ2) is 3.81. The highest BCUT2D eigenvalue weighted by Crippen LogP contribution is 2.13. The van der Waals surface area contributed by atoms with E-state index in [1.807, 2.05) is 18.2 Å². The number of carbonyl (C=O) groups is 1. The first-order valence-electron chi connectivity index (χ1n) is 4.34. The number of hydrogen-bond acceptors (Lipinski definition) is 2. The molecule has 1 aromatic heterocycles. The Labute approximate surface area is 86.4 Å². The fraction of sp³-hybridized carbons (Fsp3) is 0. The predicted octanol–water partition coefficient (Wildman–Crippen LogP) is 1.67. The van der Waals surface area contributed by atoms with E-state index in [-0.39, 0.29) is 0 Å². The molecule has 0 saturated carbocycles. The van der Waals surface area contributed by atoms with Gasteiger partial charge in [-0.2, -0.15) is 0 Å². The Morgan fingerprint density at radius 1 is 1.27 bits per heavy atom. The number of hydrogen-bond donors (Lipinski definition) is 1. The summed E-state index contributed by atoms with van der Waals surface area (Å²) in [6, 6.07) is 7.35. The molecule has 0 bridgehead atoms. The number of aliphatic carboxylic acids is 1. The van der Waals surface area contributed by atoms with Gasteiger partial charge in [-0.25, -0.2) is 4.79 Å². The number of fused-ring (bicyclic) bond motifs is 1. The van der Waals surface area contributed by atoms with Gasteiger partial charge in [-0.1, -0.05) is 12.0 Å². The van der Waals surface area contributed by atoms with Crippen LogP contribution in [0, 0.1) is 11.8 Å². The van der Waals surface area contributed by atoms with Crippen LogP contribution in [0.25, 0.3) is 10.8 Å². The molecular weight excluding hydrogens is 190 g/mol. The summed E-state index contributed by atoms with van der Waals surface area (Å²) in [5.74, 6) is 3.52. The number of aromatic nitrogens is 1. The molecule has 2 rings (SSSR count). The molecule has 0 spiro atoms. The summed E-state index contributed by atoms with van der Waals surface area (Å²) >= 11 is 0. The highest BCUT2D eigenvalue weighted by molar-refractivity contribution is 5.88. The molecule has 2 aromatic rings. The Hall–Kier alpha value is -2.34. The number of benzene rings is 1. The fourth-order valence-electron chi connectivity index (χ4n) is 1.29. The molecule has 0 fully saturated rings. The summed E-state index contributed by atoms with van der Waals surface area (Å²) < 4.78 is 0. The largest absolute Gasteiger partial charge is 0.472 e. The van der Waals surface area contributed by atoms with E-state index in [2.05, 4.69) is 16.8 Å². The molecular formula is C12H7NO2. The lowest BCUT2D eigenvalue weighted by molar-refractivity contribution is -0.130. The molecule has 0 saturated heterocycles. The number of carboxylic acids is 1. The van der Waals surface area contributed by atoms with E-state index in [9.17, 15) is 4.79 Å². The van der Waals surface area contributed by atoms with E-state index >= 15 is 0 Å². The zero-order valence-electron chi connectivity index (χ0n) is 7.77. The van der Waals surface area contributed by atoms with Crippen LogP contribution >= 0.6 is 0 Å². The van der Waals surface area contributed by atoms with Gasteiger partial charge in [0.05, 0.1) is 0 Å². The second-order valence-corrected chi connectivity index (χ2v) is 2.99. The van der Waals surface area contributed by atoms with Crippen LogP contribution in [0.2, 0.25) is 0 Å². The van der Waals surface area contributed by atoms with Crippen LogP contribution in [0.5, 0.6) is 0 Å². The van der Waals surface area contributed by atoms with Gasteiger partial charge in [0, 0.05) is 29.3 Å². The van der Waals surface area contributed by atoms with Crippen LogP contribution in [-0.4, -0.2) is 16.1 Å². The van der Waals surface area contributed by atoms with Crippen molar-refractivity contribution >= 4 is 16.7 Å². The van der Waals surface area contributed by atoms with E-state index in [1.54, 1.807) is 18.5 Å². The van der Waals surface area contributed by atoms with Crippen LogP contribution in [0.3, 0.4) is 0 Å². The quantitative estimate of drug-likeness (QED) is 0.653. The van der Waals surface area contributed by atoms with Crippen molar-refractivity contribution in [3.63, 3.8) is 0 Å². The van der Waals surface area contributed by atoms with Crippen molar-refractivity contribution in [3.8, 4) is 11.8 Å². The van der Waals surface area contributed by atoms with Gasteiger partial charge >= 0.3 is 5.97 Å². The maximum Gasteiger partial charge on any atom is 0.382 e. The Bertz CT molecular complexity index is 579. The van der Waals surface area contributed by atoms with Crippen LogP contribution in [-0.2, 0) is 4.79 Å². The van der Waals surface area contributed by atoms with Crippen LogP contribution in [0.1, 0.15) is 5.56 Å². The van der Waals surface area contributed by atoms with Crippen LogP contribution < -0.4 is 0 Å². The van der Waals surface area contributed by atoms with E-state index in [4.69, 9.17) is 5.11 Å². The molecule has 15 heavy (non-hydrogen) atoms. The minimum atomic E-state index is -1.12. The number of carboxylic acid groups (broad SMARTS) is 1. The highest BCUT2D eigenvalue weighted by atomic mass is 16.4. The Morgan fingerprint density at radius 3 is 2.93 bits per heavy atom. The summed E-state index contributed by atoms with van der Waals surface area (Å²) in [6.45, 7) is 0. The Morgan fingerprint density at radius 2 is 2.13 bits per heavy atom. The van der Waals surface area contributed by atoms with Gasteiger partial charge in [-0.15, -0.1) is 0 Å². The minimum Gasteiger partial charge on any atom is -0.472 e. The highest BCUT2D eigenvalue weighted by Gasteiger charge is 1.93. The van der Waals surface area contributed by atoms with Gasteiger partial charge in [0.1, 0.15) is 0 Å². The minimum absolute atomic E-state index is 0.691. The van der Waals surface area contributed by atoms with E-state index in [0.717, 1.165) is 10.8 Å². The molecule has 1 heterocycles. The van der Waals surface area contributed by atoms with Gasteiger partial charge < -0.3 is 5.11 Å². The molecule has 0 atom stereocenters. The average molecular weight is 197 g/mol. The molecule has 0 amide bonds. The predicted molar refractivity (Wildman–Crippen MR) is 56.3 cm³/mol. The molecule has 0 aliphatic carbocycles. The first-order valence-corrected chi connectivity index (χ1v) is 4.34. The normalized spacial score (nSPS) is 9.33. The zero-order valence-corrected chi connectivity index (χ0v) is 7.77.